The van der Waals surface area contributed by atoms with Crippen LogP contribution in [0.3, 0.4) is 0 Å². The number of aryl methyl sites for hydroxylation is 2. The third-order valence-electron chi connectivity index (χ3n) is 5.11. The summed E-state index contributed by atoms with van der Waals surface area (Å²) in [5.74, 6) is 0.807. The van der Waals surface area contributed by atoms with Gasteiger partial charge in [-0.3, -0.25) is 9.59 Å². The average molecular weight is 496 g/mol. The molecule has 4 nitrogen and oxygen atoms in total. The van der Waals surface area contributed by atoms with Gasteiger partial charge in [0.05, 0.1) is 15.8 Å². The number of halogens is 2. The van der Waals surface area contributed by atoms with E-state index < -0.39 is 6.04 Å². The van der Waals surface area contributed by atoms with E-state index in [1.54, 1.807) is 35.7 Å². The number of benzene rings is 2. The summed E-state index contributed by atoms with van der Waals surface area (Å²) in [7, 11) is 0. The van der Waals surface area contributed by atoms with Gasteiger partial charge in [0, 0.05) is 18.8 Å². The van der Waals surface area contributed by atoms with Crippen LogP contribution in [0.2, 0.25) is 10.0 Å². The Labute approximate surface area is 206 Å². The van der Waals surface area contributed by atoms with Crippen molar-refractivity contribution in [2.24, 2.45) is 0 Å². The van der Waals surface area contributed by atoms with Crippen molar-refractivity contribution in [1.82, 2.24) is 10.2 Å². The number of hydrogen-bond acceptors (Lipinski definition) is 3. The van der Waals surface area contributed by atoms with Crippen LogP contribution in [-0.2, 0) is 21.9 Å². The maximum absolute atomic E-state index is 13.2. The van der Waals surface area contributed by atoms with Gasteiger partial charge >= 0.3 is 0 Å². The van der Waals surface area contributed by atoms with Crippen molar-refractivity contribution >= 4 is 46.8 Å². The second kappa shape index (κ2) is 13.1. The Morgan fingerprint density at radius 2 is 1.72 bits per heavy atom. The standard InChI is InChI=1S/C25H32Cl2N2O2S/c1-5-6-9-28-25(31)19(4)29(14-20-7-8-22(26)23(27)13-20)24(30)16-32-15-21-11-17(2)10-18(3)12-21/h7-8,10-13,19H,5-6,9,14-16H2,1-4H3,(H,28,31)/t19-/m1/s1. The van der Waals surface area contributed by atoms with Crippen LogP contribution in [0.25, 0.3) is 0 Å². The minimum atomic E-state index is -0.587. The summed E-state index contributed by atoms with van der Waals surface area (Å²) < 4.78 is 0. The summed E-state index contributed by atoms with van der Waals surface area (Å²) in [4.78, 5) is 27.5. The minimum absolute atomic E-state index is 0.0800. The molecule has 0 saturated heterocycles. The van der Waals surface area contributed by atoms with Gasteiger partial charge in [-0.2, -0.15) is 0 Å². The number of nitrogens with zero attached hydrogens (tertiary/aromatic N) is 1. The highest BCUT2D eigenvalue weighted by atomic mass is 35.5. The zero-order valence-electron chi connectivity index (χ0n) is 19.2. The van der Waals surface area contributed by atoms with E-state index in [2.05, 4.69) is 44.3 Å². The Bertz CT molecular complexity index is 916. The highest BCUT2D eigenvalue weighted by Crippen LogP contribution is 2.24. The number of carbonyl (C=O) groups excluding carboxylic acids is 2. The summed E-state index contributed by atoms with van der Waals surface area (Å²) >= 11 is 13.8. The molecule has 0 radical (unpaired) electrons. The lowest BCUT2D eigenvalue weighted by molar-refractivity contribution is -0.138. The van der Waals surface area contributed by atoms with Gasteiger partial charge < -0.3 is 10.2 Å². The van der Waals surface area contributed by atoms with Gasteiger partial charge in [0.1, 0.15) is 6.04 Å². The molecule has 2 aromatic rings. The molecule has 0 bridgehead atoms. The van der Waals surface area contributed by atoms with Crippen LogP contribution >= 0.6 is 35.0 Å². The molecule has 0 spiro atoms. The number of rotatable bonds is 11. The first-order valence-electron chi connectivity index (χ1n) is 10.9. The maximum atomic E-state index is 13.2. The molecule has 0 aliphatic carbocycles. The summed E-state index contributed by atoms with van der Waals surface area (Å²) in [5.41, 5.74) is 4.46. The Morgan fingerprint density at radius 3 is 2.34 bits per heavy atom. The molecule has 0 fully saturated rings. The van der Waals surface area contributed by atoms with E-state index in [-0.39, 0.29) is 11.8 Å². The fourth-order valence-electron chi connectivity index (χ4n) is 3.44. The first kappa shape index (κ1) is 26.6. The van der Waals surface area contributed by atoms with Crippen molar-refractivity contribution in [3.05, 3.63) is 68.7 Å². The summed E-state index contributed by atoms with van der Waals surface area (Å²) in [6.45, 7) is 8.89. The molecular weight excluding hydrogens is 463 g/mol. The summed E-state index contributed by atoms with van der Waals surface area (Å²) in [5, 5.41) is 3.82. The van der Waals surface area contributed by atoms with E-state index >= 15 is 0 Å². The molecule has 7 heteroatoms. The zero-order valence-corrected chi connectivity index (χ0v) is 21.5. The molecule has 2 aromatic carbocycles. The van der Waals surface area contributed by atoms with Crippen molar-refractivity contribution in [3.63, 3.8) is 0 Å². The molecule has 2 rings (SSSR count). The molecule has 0 heterocycles. The van der Waals surface area contributed by atoms with Gasteiger partial charge in [0.15, 0.2) is 0 Å². The van der Waals surface area contributed by atoms with Gasteiger partial charge in [-0.05, 0) is 50.5 Å². The van der Waals surface area contributed by atoms with Crippen LogP contribution < -0.4 is 5.32 Å². The number of unbranched alkanes of at least 4 members (excludes halogenated alkanes) is 1. The summed E-state index contributed by atoms with van der Waals surface area (Å²) in [6, 6.07) is 11.1. The first-order valence-corrected chi connectivity index (χ1v) is 12.8. The third kappa shape index (κ3) is 8.34. The summed E-state index contributed by atoms with van der Waals surface area (Å²) in [6.07, 6.45) is 1.90. The van der Waals surface area contributed by atoms with E-state index in [4.69, 9.17) is 23.2 Å². The van der Waals surface area contributed by atoms with Crippen molar-refractivity contribution in [2.75, 3.05) is 12.3 Å². The lowest BCUT2D eigenvalue weighted by Crippen LogP contribution is -2.48. The van der Waals surface area contributed by atoms with E-state index in [1.807, 2.05) is 6.07 Å². The predicted octanol–water partition coefficient (Wildman–Crippen LogP) is 6.18. The molecule has 0 saturated carbocycles. The Kier molecular flexibility index (Phi) is 10.9. The van der Waals surface area contributed by atoms with Crippen LogP contribution in [0, 0.1) is 13.8 Å². The van der Waals surface area contributed by atoms with Gasteiger partial charge in [-0.25, -0.2) is 0 Å². The van der Waals surface area contributed by atoms with Crippen molar-refractivity contribution in [1.29, 1.82) is 0 Å². The number of amides is 2. The lowest BCUT2D eigenvalue weighted by Gasteiger charge is -2.29. The lowest BCUT2D eigenvalue weighted by atomic mass is 10.1. The van der Waals surface area contributed by atoms with Crippen LogP contribution in [0.1, 0.15) is 48.9 Å². The van der Waals surface area contributed by atoms with Crippen molar-refractivity contribution < 1.29 is 9.59 Å². The maximum Gasteiger partial charge on any atom is 0.242 e. The molecular formula is C25H32Cl2N2O2S. The molecule has 2 amide bonds. The van der Waals surface area contributed by atoms with Gasteiger partial charge in [0.2, 0.25) is 11.8 Å². The number of carbonyl (C=O) groups is 2. The second-order valence-corrected chi connectivity index (χ2v) is 9.88. The molecule has 32 heavy (non-hydrogen) atoms. The van der Waals surface area contributed by atoms with E-state index in [0.29, 0.717) is 28.9 Å². The van der Waals surface area contributed by atoms with E-state index in [1.165, 1.54) is 16.7 Å². The number of thioether (sulfide) groups is 1. The third-order valence-corrected chi connectivity index (χ3v) is 6.84. The molecule has 1 atom stereocenters. The SMILES string of the molecule is CCCCNC(=O)[C@@H](C)N(Cc1ccc(Cl)c(Cl)c1)C(=O)CSCc1cc(C)cc(C)c1. The van der Waals surface area contributed by atoms with Crippen LogP contribution in [0.5, 0.6) is 0 Å². The normalized spacial score (nSPS) is 11.8. The van der Waals surface area contributed by atoms with E-state index in [9.17, 15) is 9.59 Å². The number of hydrogen-bond donors (Lipinski definition) is 1. The Balaban J connectivity index is 2.09. The highest BCUT2D eigenvalue weighted by molar-refractivity contribution is 7.99. The van der Waals surface area contributed by atoms with E-state index in [0.717, 1.165) is 24.2 Å². The molecule has 0 aromatic heterocycles. The monoisotopic (exact) mass is 494 g/mol. The second-order valence-electron chi connectivity index (χ2n) is 8.08. The molecule has 0 aliphatic heterocycles. The Hall–Kier alpha value is -1.69. The average Bonchev–Trinajstić information content (AvgIpc) is 2.73. The van der Waals surface area contributed by atoms with Crippen molar-refractivity contribution in [2.45, 2.75) is 58.9 Å². The van der Waals surface area contributed by atoms with Gasteiger partial charge in [-0.1, -0.05) is 71.9 Å². The molecule has 0 aliphatic rings. The molecule has 1 N–H and O–H groups in total. The van der Waals surface area contributed by atoms with Crippen LogP contribution in [0.15, 0.2) is 36.4 Å². The minimum Gasteiger partial charge on any atom is -0.354 e. The van der Waals surface area contributed by atoms with Crippen LogP contribution in [0.4, 0.5) is 0 Å². The largest absolute Gasteiger partial charge is 0.354 e. The predicted molar refractivity (Wildman–Crippen MR) is 136 cm³/mol. The fraction of sp³-hybridized carbons (Fsp3) is 0.440. The van der Waals surface area contributed by atoms with Gasteiger partial charge in [0.25, 0.3) is 0 Å². The zero-order chi connectivity index (χ0) is 23.7. The molecule has 174 valence electrons. The highest BCUT2D eigenvalue weighted by Gasteiger charge is 2.26. The fourth-order valence-corrected chi connectivity index (χ4v) is 4.61. The van der Waals surface area contributed by atoms with Crippen molar-refractivity contribution in [3.8, 4) is 0 Å². The smallest absolute Gasteiger partial charge is 0.242 e. The first-order chi connectivity index (χ1) is 15.2. The topological polar surface area (TPSA) is 49.4 Å². The number of nitrogens with one attached hydrogen (secondary N) is 1. The Morgan fingerprint density at radius 1 is 1.03 bits per heavy atom. The van der Waals surface area contributed by atoms with Crippen LogP contribution in [-0.4, -0.2) is 35.1 Å². The van der Waals surface area contributed by atoms with Gasteiger partial charge in [-0.15, -0.1) is 11.8 Å². The quantitative estimate of drug-likeness (QED) is 0.379. The molecule has 0 unspecified atom stereocenters.